The molecule has 0 aromatic heterocycles. The van der Waals surface area contributed by atoms with Crippen molar-refractivity contribution in [2.45, 2.75) is 44.7 Å². The average molecular weight is 347 g/mol. The summed E-state index contributed by atoms with van der Waals surface area (Å²) in [5.74, 6) is -2.09. The van der Waals surface area contributed by atoms with Gasteiger partial charge >= 0.3 is 12.0 Å². The summed E-state index contributed by atoms with van der Waals surface area (Å²) in [4.78, 5) is 47.0. The van der Waals surface area contributed by atoms with E-state index in [4.69, 9.17) is 0 Å². The lowest BCUT2D eigenvalue weighted by Crippen LogP contribution is -2.52. The molecule has 4 N–H and O–H groups in total. The zero-order valence-electron chi connectivity index (χ0n) is 14.3. The van der Waals surface area contributed by atoms with Crippen LogP contribution in [0, 0.1) is 0 Å². The van der Waals surface area contributed by atoms with Crippen LogP contribution in [0.3, 0.4) is 0 Å². The second-order valence-corrected chi connectivity index (χ2v) is 6.45. The molecule has 0 radical (unpaired) electrons. The Balaban J connectivity index is 2.20. The predicted octanol–water partition coefficient (Wildman–Crippen LogP) is 1.11. The van der Waals surface area contributed by atoms with Crippen molar-refractivity contribution in [2.75, 3.05) is 0 Å². The van der Waals surface area contributed by atoms with Crippen molar-refractivity contribution in [1.29, 1.82) is 0 Å². The minimum atomic E-state index is -1.35. The predicted molar refractivity (Wildman–Crippen MR) is 88.9 cm³/mol. The Hall–Kier alpha value is -2.90. The molecule has 0 spiro atoms. The molecule has 1 aromatic rings. The van der Waals surface area contributed by atoms with E-state index in [0.29, 0.717) is 18.4 Å². The summed E-state index contributed by atoms with van der Waals surface area (Å²) in [6.07, 6.45) is 0.908. The SMILES string of the molecule is CCC[C@@](C)(NC(=O)c1ccc([C@@]2(C)NC(=O)NC2=O)cc1)C(=O)O. The standard InChI is InChI=1S/C17H21N3O5/c1-4-9-16(2,14(23)24)19-12(21)10-5-7-11(8-6-10)17(3)13(22)18-15(25)20-17/h5-8H,4,9H2,1-3H3,(H,19,21)(H,23,24)(H2,18,20,22,25)/t16-,17-/m1/s1. The highest BCUT2D eigenvalue weighted by molar-refractivity contribution is 6.07. The van der Waals surface area contributed by atoms with Crippen molar-refractivity contribution in [2.24, 2.45) is 0 Å². The normalized spacial score (nSPS) is 21.9. The minimum absolute atomic E-state index is 0.264. The molecule has 2 rings (SSSR count). The van der Waals surface area contributed by atoms with Crippen molar-refractivity contribution in [3.63, 3.8) is 0 Å². The highest BCUT2D eigenvalue weighted by atomic mass is 16.4. The van der Waals surface area contributed by atoms with Gasteiger partial charge in [-0.25, -0.2) is 9.59 Å². The third-order valence-corrected chi connectivity index (χ3v) is 4.38. The van der Waals surface area contributed by atoms with Crippen LogP contribution >= 0.6 is 0 Å². The Bertz CT molecular complexity index is 730. The van der Waals surface area contributed by atoms with E-state index in [9.17, 15) is 24.3 Å². The summed E-state index contributed by atoms with van der Waals surface area (Å²) in [5, 5.41) is 16.6. The van der Waals surface area contributed by atoms with Gasteiger partial charge in [0, 0.05) is 5.56 Å². The maximum Gasteiger partial charge on any atom is 0.329 e. The van der Waals surface area contributed by atoms with Gasteiger partial charge in [-0.05, 0) is 38.0 Å². The topological polar surface area (TPSA) is 125 Å². The van der Waals surface area contributed by atoms with Gasteiger partial charge < -0.3 is 15.7 Å². The number of carboxylic acids is 1. The van der Waals surface area contributed by atoms with Crippen LogP contribution in [0.1, 0.15) is 49.5 Å². The number of rotatable bonds is 6. The van der Waals surface area contributed by atoms with Gasteiger partial charge in [0.25, 0.3) is 11.8 Å². The summed E-state index contributed by atoms with van der Waals surface area (Å²) in [6.45, 7) is 4.86. The molecule has 134 valence electrons. The van der Waals surface area contributed by atoms with Crippen molar-refractivity contribution in [3.8, 4) is 0 Å². The van der Waals surface area contributed by atoms with Crippen molar-refractivity contribution in [3.05, 3.63) is 35.4 Å². The first kappa shape index (κ1) is 18.4. The Morgan fingerprint density at radius 1 is 1.24 bits per heavy atom. The monoisotopic (exact) mass is 347 g/mol. The van der Waals surface area contributed by atoms with Gasteiger partial charge in [0.15, 0.2) is 0 Å². The number of hydrogen-bond donors (Lipinski definition) is 4. The van der Waals surface area contributed by atoms with Gasteiger partial charge in [0.05, 0.1) is 0 Å². The second kappa shape index (κ2) is 6.54. The van der Waals surface area contributed by atoms with Gasteiger partial charge in [-0.15, -0.1) is 0 Å². The Kier molecular flexibility index (Phi) is 4.82. The quantitative estimate of drug-likeness (QED) is 0.574. The van der Waals surface area contributed by atoms with Gasteiger partial charge in [-0.3, -0.25) is 14.9 Å². The number of imide groups is 1. The van der Waals surface area contributed by atoms with Crippen LogP contribution in [-0.4, -0.2) is 34.5 Å². The smallest absolute Gasteiger partial charge is 0.329 e. The zero-order chi connectivity index (χ0) is 18.8. The number of amides is 4. The fraction of sp³-hybridized carbons (Fsp3) is 0.412. The molecule has 1 saturated heterocycles. The zero-order valence-corrected chi connectivity index (χ0v) is 14.3. The highest BCUT2D eigenvalue weighted by Gasteiger charge is 2.43. The van der Waals surface area contributed by atoms with E-state index in [1.54, 1.807) is 19.1 Å². The molecule has 1 fully saturated rings. The number of benzene rings is 1. The summed E-state index contributed by atoms with van der Waals surface area (Å²) in [7, 11) is 0. The Morgan fingerprint density at radius 3 is 2.28 bits per heavy atom. The molecular formula is C17H21N3O5. The molecule has 8 heteroatoms. The third-order valence-electron chi connectivity index (χ3n) is 4.38. The Morgan fingerprint density at radius 2 is 1.84 bits per heavy atom. The van der Waals surface area contributed by atoms with Crippen LogP contribution in [0.4, 0.5) is 4.79 Å². The first-order chi connectivity index (χ1) is 11.6. The molecule has 0 saturated carbocycles. The van der Waals surface area contributed by atoms with Crippen LogP contribution < -0.4 is 16.0 Å². The van der Waals surface area contributed by atoms with Gasteiger partial charge in [0.1, 0.15) is 11.1 Å². The number of carbonyl (C=O) groups excluding carboxylic acids is 3. The molecule has 1 aliphatic heterocycles. The van der Waals surface area contributed by atoms with E-state index < -0.39 is 34.9 Å². The summed E-state index contributed by atoms with van der Waals surface area (Å²) < 4.78 is 0. The third kappa shape index (κ3) is 3.47. The molecule has 0 aliphatic carbocycles. The molecule has 2 atom stereocenters. The molecule has 0 unspecified atom stereocenters. The van der Waals surface area contributed by atoms with E-state index in [1.807, 2.05) is 6.92 Å². The number of hydrogen-bond acceptors (Lipinski definition) is 4. The fourth-order valence-electron chi connectivity index (χ4n) is 2.75. The average Bonchev–Trinajstić information content (AvgIpc) is 2.81. The molecular weight excluding hydrogens is 326 g/mol. The number of carboxylic acid groups (broad SMARTS) is 1. The van der Waals surface area contributed by atoms with Gasteiger partial charge in [-0.1, -0.05) is 25.5 Å². The van der Waals surface area contributed by atoms with Crippen LogP contribution in [0.5, 0.6) is 0 Å². The van der Waals surface area contributed by atoms with Crippen LogP contribution in [-0.2, 0) is 15.1 Å². The van der Waals surface area contributed by atoms with Crippen LogP contribution in [0.2, 0.25) is 0 Å². The summed E-state index contributed by atoms with van der Waals surface area (Å²) in [5.41, 5.74) is -1.78. The summed E-state index contributed by atoms with van der Waals surface area (Å²) >= 11 is 0. The first-order valence-electron chi connectivity index (χ1n) is 7.92. The van der Waals surface area contributed by atoms with Gasteiger partial charge in [-0.2, -0.15) is 0 Å². The van der Waals surface area contributed by atoms with E-state index in [-0.39, 0.29) is 5.56 Å². The second-order valence-electron chi connectivity index (χ2n) is 6.45. The van der Waals surface area contributed by atoms with Crippen molar-refractivity contribution in [1.82, 2.24) is 16.0 Å². The molecule has 25 heavy (non-hydrogen) atoms. The highest BCUT2D eigenvalue weighted by Crippen LogP contribution is 2.24. The molecule has 1 heterocycles. The summed E-state index contributed by atoms with van der Waals surface area (Å²) in [6, 6.07) is 5.51. The maximum absolute atomic E-state index is 12.3. The first-order valence-corrected chi connectivity index (χ1v) is 7.92. The van der Waals surface area contributed by atoms with Crippen LogP contribution in [0.15, 0.2) is 24.3 Å². The molecule has 1 aliphatic rings. The fourth-order valence-corrected chi connectivity index (χ4v) is 2.75. The number of aliphatic carboxylic acids is 1. The molecule has 0 bridgehead atoms. The Labute approximate surface area is 145 Å². The molecule has 4 amide bonds. The van der Waals surface area contributed by atoms with E-state index in [1.165, 1.54) is 19.1 Å². The van der Waals surface area contributed by atoms with Crippen molar-refractivity contribution >= 4 is 23.8 Å². The van der Waals surface area contributed by atoms with Crippen molar-refractivity contribution < 1.29 is 24.3 Å². The number of carbonyl (C=O) groups is 4. The maximum atomic E-state index is 12.3. The lowest BCUT2D eigenvalue weighted by atomic mass is 9.91. The van der Waals surface area contributed by atoms with E-state index >= 15 is 0 Å². The van der Waals surface area contributed by atoms with E-state index in [2.05, 4.69) is 16.0 Å². The number of urea groups is 1. The number of nitrogens with one attached hydrogen (secondary N) is 3. The van der Waals surface area contributed by atoms with Gasteiger partial charge in [0.2, 0.25) is 0 Å². The molecule has 1 aromatic carbocycles. The largest absolute Gasteiger partial charge is 0.480 e. The van der Waals surface area contributed by atoms with Crippen LogP contribution in [0.25, 0.3) is 0 Å². The van der Waals surface area contributed by atoms with E-state index in [0.717, 1.165) is 0 Å². The molecule has 8 nitrogen and oxygen atoms in total. The minimum Gasteiger partial charge on any atom is -0.480 e. The lowest BCUT2D eigenvalue weighted by molar-refractivity contribution is -0.144. The lowest BCUT2D eigenvalue weighted by Gasteiger charge is -2.26.